The number of aryl methyl sites for hydroxylation is 1. The molecule has 0 saturated carbocycles. The average Bonchev–Trinajstić information content (AvgIpc) is 3.12. The Morgan fingerprint density at radius 3 is 2.44 bits per heavy atom. The number of nitrogens with zero attached hydrogens (tertiary/aromatic N) is 3. The number of non-ortho nitro benzene ring substituents is 1. The van der Waals surface area contributed by atoms with E-state index in [1.807, 2.05) is 31.2 Å². The Morgan fingerprint density at radius 1 is 1.15 bits per heavy atom. The Hall–Kier alpha value is -4.58. The number of ether oxygens (including phenoxy) is 2. The number of nitriles is 1. The van der Waals surface area contributed by atoms with Crippen LogP contribution in [0.2, 0.25) is 0 Å². The highest BCUT2D eigenvalue weighted by atomic mass is 16.6. The van der Waals surface area contributed by atoms with Gasteiger partial charge in [-0.2, -0.15) is 5.26 Å². The second kappa shape index (κ2) is 10.4. The smallest absolute Gasteiger partial charge is 0.271 e. The van der Waals surface area contributed by atoms with E-state index < -0.39 is 10.8 Å². The Morgan fingerprint density at radius 2 is 1.85 bits per heavy atom. The quantitative estimate of drug-likeness (QED) is 0.232. The molecule has 0 aliphatic carbocycles. The largest absolute Gasteiger partial charge is 0.497 e. The number of hydrogen-bond acceptors (Lipinski definition) is 6. The van der Waals surface area contributed by atoms with Gasteiger partial charge in [0, 0.05) is 30.1 Å². The topological polar surface area (TPSA) is 119 Å². The van der Waals surface area contributed by atoms with Crippen LogP contribution in [0.25, 0.3) is 11.8 Å². The molecule has 1 heterocycles. The summed E-state index contributed by atoms with van der Waals surface area (Å²) in [4.78, 5) is 23.4. The summed E-state index contributed by atoms with van der Waals surface area (Å²) in [5.41, 5.74) is 3.33. The predicted molar refractivity (Wildman–Crippen MR) is 127 cm³/mol. The molecule has 3 aromatic rings. The molecule has 9 nitrogen and oxygen atoms in total. The standard InChI is InChI=1S/C25H24N4O5/c1-16-11-19(17(2)28(16)23-13-21(29(31)32)7-10-24(23)34-4)12-20(14-26)25(30)27-15-18-5-8-22(33-3)9-6-18/h5-13H,15H2,1-4H3,(H,27,30)/b20-12-. The first-order valence-electron chi connectivity index (χ1n) is 10.3. The monoisotopic (exact) mass is 460 g/mol. The molecule has 1 amide bonds. The molecule has 0 unspecified atom stereocenters. The summed E-state index contributed by atoms with van der Waals surface area (Å²) >= 11 is 0. The lowest BCUT2D eigenvalue weighted by Crippen LogP contribution is -2.23. The fraction of sp³-hybridized carbons (Fsp3) is 0.200. The fourth-order valence-corrected chi connectivity index (χ4v) is 3.60. The molecule has 0 aliphatic heterocycles. The van der Waals surface area contributed by atoms with Gasteiger partial charge >= 0.3 is 0 Å². The number of nitro groups is 1. The molecule has 0 atom stereocenters. The zero-order valence-electron chi connectivity index (χ0n) is 19.3. The Balaban J connectivity index is 1.90. The summed E-state index contributed by atoms with van der Waals surface area (Å²) in [6.07, 6.45) is 1.51. The van der Waals surface area contributed by atoms with Crippen molar-refractivity contribution >= 4 is 17.7 Å². The second-order valence-electron chi connectivity index (χ2n) is 7.48. The van der Waals surface area contributed by atoms with Crippen molar-refractivity contribution in [3.63, 3.8) is 0 Å². The summed E-state index contributed by atoms with van der Waals surface area (Å²) in [6, 6.07) is 15.3. The van der Waals surface area contributed by atoms with Crippen LogP contribution in [-0.4, -0.2) is 29.6 Å². The number of methoxy groups -OCH3 is 2. The zero-order valence-corrected chi connectivity index (χ0v) is 19.3. The van der Waals surface area contributed by atoms with Crippen LogP contribution in [0.4, 0.5) is 5.69 Å². The number of aromatic nitrogens is 1. The van der Waals surface area contributed by atoms with E-state index in [4.69, 9.17) is 9.47 Å². The first kappa shape index (κ1) is 24.1. The number of carbonyl (C=O) groups excluding carboxylic acids is 1. The van der Waals surface area contributed by atoms with Crippen molar-refractivity contribution in [3.05, 3.63) is 86.7 Å². The highest BCUT2D eigenvalue weighted by molar-refractivity contribution is 6.01. The number of benzene rings is 2. The van der Waals surface area contributed by atoms with Gasteiger partial charge in [0.05, 0.1) is 24.8 Å². The zero-order chi connectivity index (χ0) is 24.8. The van der Waals surface area contributed by atoms with Crippen LogP contribution in [-0.2, 0) is 11.3 Å². The van der Waals surface area contributed by atoms with Crippen LogP contribution in [0.15, 0.2) is 54.1 Å². The third-order valence-corrected chi connectivity index (χ3v) is 5.36. The lowest BCUT2D eigenvalue weighted by atomic mass is 10.1. The Kier molecular flexibility index (Phi) is 7.33. The van der Waals surface area contributed by atoms with Crippen molar-refractivity contribution in [1.29, 1.82) is 5.26 Å². The maximum absolute atomic E-state index is 12.6. The van der Waals surface area contributed by atoms with E-state index >= 15 is 0 Å². The van der Waals surface area contributed by atoms with Crippen molar-refractivity contribution in [2.75, 3.05) is 14.2 Å². The van der Waals surface area contributed by atoms with E-state index in [2.05, 4.69) is 5.32 Å². The van der Waals surface area contributed by atoms with Crippen molar-refractivity contribution in [1.82, 2.24) is 9.88 Å². The maximum atomic E-state index is 12.6. The number of nitrogens with one attached hydrogen (secondary N) is 1. The third-order valence-electron chi connectivity index (χ3n) is 5.36. The molecule has 0 spiro atoms. The molecule has 0 bridgehead atoms. The SMILES string of the molecule is COc1ccc(CNC(=O)/C(C#N)=C\c2cc(C)n(-c3cc([N+](=O)[O-])ccc3OC)c2C)cc1. The van der Waals surface area contributed by atoms with E-state index in [9.17, 15) is 20.2 Å². The molecular weight excluding hydrogens is 436 g/mol. The highest BCUT2D eigenvalue weighted by Crippen LogP contribution is 2.32. The summed E-state index contributed by atoms with van der Waals surface area (Å²) in [7, 11) is 3.06. The Bertz CT molecular complexity index is 1300. The minimum atomic E-state index is -0.504. The van der Waals surface area contributed by atoms with Crippen LogP contribution in [0, 0.1) is 35.3 Å². The molecule has 3 rings (SSSR count). The predicted octanol–water partition coefficient (Wildman–Crippen LogP) is 4.24. The first-order valence-corrected chi connectivity index (χ1v) is 10.3. The van der Waals surface area contributed by atoms with Crippen LogP contribution >= 0.6 is 0 Å². The normalized spacial score (nSPS) is 11.0. The minimum Gasteiger partial charge on any atom is -0.497 e. The van der Waals surface area contributed by atoms with Crippen molar-refractivity contribution in [2.45, 2.75) is 20.4 Å². The molecule has 0 saturated heterocycles. The molecule has 1 aromatic heterocycles. The summed E-state index contributed by atoms with van der Waals surface area (Å²) in [6.45, 7) is 3.89. The van der Waals surface area contributed by atoms with Gasteiger partial charge in [-0.15, -0.1) is 0 Å². The molecule has 34 heavy (non-hydrogen) atoms. The summed E-state index contributed by atoms with van der Waals surface area (Å²) in [5, 5.41) is 23.6. The average molecular weight is 460 g/mol. The van der Waals surface area contributed by atoms with Crippen LogP contribution < -0.4 is 14.8 Å². The van der Waals surface area contributed by atoms with Gasteiger partial charge in [0.1, 0.15) is 23.1 Å². The van der Waals surface area contributed by atoms with Crippen molar-refractivity contribution in [2.24, 2.45) is 0 Å². The van der Waals surface area contributed by atoms with E-state index in [0.29, 0.717) is 28.4 Å². The molecule has 9 heteroatoms. The Labute approximate surface area is 197 Å². The molecule has 1 N–H and O–H groups in total. The fourth-order valence-electron chi connectivity index (χ4n) is 3.60. The van der Waals surface area contributed by atoms with Crippen molar-refractivity contribution < 1.29 is 19.2 Å². The lowest BCUT2D eigenvalue weighted by Gasteiger charge is -2.14. The van der Waals surface area contributed by atoms with Crippen LogP contribution in [0.3, 0.4) is 0 Å². The van der Waals surface area contributed by atoms with Gasteiger partial charge in [-0.1, -0.05) is 12.1 Å². The molecule has 0 radical (unpaired) electrons. The molecule has 0 aliphatic rings. The number of hydrogen-bond donors (Lipinski definition) is 1. The van der Waals surface area contributed by atoms with Gasteiger partial charge < -0.3 is 19.4 Å². The van der Waals surface area contributed by atoms with Gasteiger partial charge in [-0.05, 0) is 55.3 Å². The first-order chi connectivity index (χ1) is 16.3. The number of rotatable bonds is 8. The van der Waals surface area contributed by atoms with Gasteiger partial charge in [0.15, 0.2) is 0 Å². The lowest BCUT2D eigenvalue weighted by molar-refractivity contribution is -0.384. The van der Waals surface area contributed by atoms with Crippen LogP contribution in [0.5, 0.6) is 11.5 Å². The van der Waals surface area contributed by atoms with Crippen molar-refractivity contribution in [3.8, 4) is 23.3 Å². The maximum Gasteiger partial charge on any atom is 0.271 e. The summed E-state index contributed by atoms with van der Waals surface area (Å²) < 4.78 is 12.3. The van der Waals surface area contributed by atoms with Gasteiger partial charge in [0.2, 0.25) is 0 Å². The third kappa shape index (κ3) is 5.07. The van der Waals surface area contributed by atoms with Crippen LogP contribution in [0.1, 0.15) is 22.5 Å². The minimum absolute atomic E-state index is 0.0558. The van der Waals surface area contributed by atoms with E-state index in [1.54, 1.807) is 30.7 Å². The van der Waals surface area contributed by atoms with E-state index in [1.165, 1.54) is 31.4 Å². The highest BCUT2D eigenvalue weighted by Gasteiger charge is 2.18. The number of nitro benzene ring substituents is 1. The molecule has 0 fully saturated rings. The second-order valence-corrected chi connectivity index (χ2v) is 7.48. The van der Waals surface area contributed by atoms with Gasteiger partial charge in [0.25, 0.3) is 11.6 Å². The number of amides is 1. The number of carbonyl (C=O) groups is 1. The van der Waals surface area contributed by atoms with E-state index in [0.717, 1.165) is 11.3 Å². The van der Waals surface area contributed by atoms with Gasteiger partial charge in [-0.25, -0.2) is 0 Å². The molecular formula is C25H24N4O5. The van der Waals surface area contributed by atoms with E-state index in [-0.39, 0.29) is 17.8 Å². The van der Waals surface area contributed by atoms with Gasteiger partial charge in [-0.3, -0.25) is 14.9 Å². The molecule has 2 aromatic carbocycles. The summed E-state index contributed by atoms with van der Waals surface area (Å²) in [5.74, 6) is 0.667. The molecule has 174 valence electrons.